The number of alkyl halides is 3. The standard InChI is InChI=1S/C39H47F3O6/c1-3-5-6-7-8-9-10-11-12-13-28-46-36(39(40,41)42)26-29-47-37(43)32-20-24-35(25-21-32)48-38(44)33-16-14-30(15-17-33)31-18-22-34(23-19-31)45-27-4-2/h4,14-25,36H,2-3,5-13,26-29H2,1H3. The zero-order valence-electron chi connectivity index (χ0n) is 27.8. The van der Waals surface area contributed by atoms with Crippen LogP contribution < -0.4 is 9.47 Å². The van der Waals surface area contributed by atoms with Crippen molar-refractivity contribution in [3.63, 3.8) is 0 Å². The predicted molar refractivity (Wildman–Crippen MR) is 182 cm³/mol. The van der Waals surface area contributed by atoms with Crippen molar-refractivity contribution in [2.75, 3.05) is 19.8 Å². The molecule has 0 aliphatic carbocycles. The average molecular weight is 669 g/mol. The quantitative estimate of drug-likeness (QED) is 0.0459. The van der Waals surface area contributed by atoms with E-state index in [1.165, 1.54) is 56.4 Å². The molecule has 0 N–H and O–H groups in total. The highest BCUT2D eigenvalue weighted by atomic mass is 19.4. The van der Waals surface area contributed by atoms with E-state index in [4.69, 9.17) is 18.9 Å². The van der Waals surface area contributed by atoms with Gasteiger partial charge in [-0.15, -0.1) is 0 Å². The van der Waals surface area contributed by atoms with Crippen molar-refractivity contribution in [3.05, 3.63) is 96.6 Å². The Morgan fingerprint density at radius 2 is 1.19 bits per heavy atom. The summed E-state index contributed by atoms with van der Waals surface area (Å²) in [5, 5.41) is 0. The topological polar surface area (TPSA) is 71.1 Å². The second-order valence-electron chi connectivity index (χ2n) is 11.6. The fraction of sp³-hybridized carbons (Fsp3) is 0.436. The van der Waals surface area contributed by atoms with E-state index in [9.17, 15) is 22.8 Å². The first-order chi connectivity index (χ1) is 23.2. The van der Waals surface area contributed by atoms with Gasteiger partial charge in [0.05, 0.1) is 17.7 Å². The van der Waals surface area contributed by atoms with Gasteiger partial charge < -0.3 is 18.9 Å². The lowest BCUT2D eigenvalue weighted by atomic mass is 10.0. The molecule has 260 valence electrons. The number of unbranched alkanes of at least 4 members (excludes halogenated alkanes) is 9. The molecule has 0 radical (unpaired) electrons. The lowest BCUT2D eigenvalue weighted by molar-refractivity contribution is -0.224. The van der Waals surface area contributed by atoms with Crippen LogP contribution in [0.1, 0.15) is 98.3 Å². The molecule has 0 heterocycles. The third-order valence-electron chi connectivity index (χ3n) is 7.77. The van der Waals surface area contributed by atoms with Crippen LogP contribution in [0.4, 0.5) is 13.2 Å². The van der Waals surface area contributed by atoms with Gasteiger partial charge in [-0.1, -0.05) is 102 Å². The first-order valence-electron chi connectivity index (χ1n) is 16.8. The molecule has 0 fully saturated rings. The highest BCUT2D eigenvalue weighted by Crippen LogP contribution is 2.27. The maximum Gasteiger partial charge on any atom is 0.414 e. The van der Waals surface area contributed by atoms with Gasteiger partial charge in [-0.25, -0.2) is 9.59 Å². The smallest absolute Gasteiger partial charge is 0.414 e. The van der Waals surface area contributed by atoms with E-state index in [0.29, 0.717) is 18.6 Å². The van der Waals surface area contributed by atoms with Crippen LogP contribution in [0, 0.1) is 0 Å². The summed E-state index contributed by atoms with van der Waals surface area (Å²) >= 11 is 0. The summed E-state index contributed by atoms with van der Waals surface area (Å²) in [4.78, 5) is 25.1. The molecule has 6 nitrogen and oxygen atoms in total. The molecule has 3 rings (SSSR count). The minimum Gasteiger partial charge on any atom is -0.490 e. The lowest BCUT2D eigenvalue weighted by Crippen LogP contribution is -2.33. The van der Waals surface area contributed by atoms with Crippen LogP contribution >= 0.6 is 0 Å². The molecule has 0 saturated heterocycles. The van der Waals surface area contributed by atoms with Gasteiger partial charge in [0.15, 0.2) is 6.10 Å². The molecular formula is C39H47F3O6. The minimum absolute atomic E-state index is 0.0132. The van der Waals surface area contributed by atoms with E-state index in [0.717, 1.165) is 42.6 Å². The summed E-state index contributed by atoms with van der Waals surface area (Å²) in [6, 6.07) is 20.1. The van der Waals surface area contributed by atoms with Gasteiger partial charge in [0.2, 0.25) is 0 Å². The molecule has 3 aromatic rings. The lowest BCUT2D eigenvalue weighted by Gasteiger charge is -2.20. The Kier molecular flexibility index (Phi) is 16.8. The zero-order chi connectivity index (χ0) is 34.6. The summed E-state index contributed by atoms with van der Waals surface area (Å²) in [5.74, 6) is -0.429. The number of hydrogen-bond acceptors (Lipinski definition) is 6. The first kappa shape index (κ1) is 38.3. The Morgan fingerprint density at radius 3 is 1.75 bits per heavy atom. The molecular weight excluding hydrogens is 621 g/mol. The predicted octanol–water partition coefficient (Wildman–Crippen LogP) is 10.6. The van der Waals surface area contributed by atoms with E-state index in [1.807, 2.05) is 36.4 Å². The van der Waals surface area contributed by atoms with Crippen molar-refractivity contribution in [2.45, 2.75) is 89.8 Å². The molecule has 9 heteroatoms. The maximum absolute atomic E-state index is 13.5. The van der Waals surface area contributed by atoms with E-state index in [1.54, 1.807) is 18.2 Å². The largest absolute Gasteiger partial charge is 0.490 e. The molecule has 0 aliphatic heterocycles. The molecule has 0 amide bonds. The molecule has 0 saturated carbocycles. The number of carbonyl (C=O) groups is 2. The number of halogens is 3. The van der Waals surface area contributed by atoms with Crippen LogP contribution in [-0.2, 0) is 9.47 Å². The van der Waals surface area contributed by atoms with Crippen molar-refractivity contribution < 1.29 is 41.7 Å². The number of rotatable bonds is 22. The van der Waals surface area contributed by atoms with Gasteiger partial charge in [-0.2, -0.15) is 13.2 Å². The van der Waals surface area contributed by atoms with Crippen LogP contribution in [0.5, 0.6) is 11.5 Å². The Balaban J connectivity index is 1.38. The van der Waals surface area contributed by atoms with Crippen molar-refractivity contribution in [1.82, 2.24) is 0 Å². The van der Waals surface area contributed by atoms with Crippen LogP contribution in [-0.4, -0.2) is 44.0 Å². The number of ether oxygens (including phenoxy) is 4. The number of carbonyl (C=O) groups excluding carboxylic acids is 2. The number of esters is 2. The monoisotopic (exact) mass is 668 g/mol. The van der Waals surface area contributed by atoms with E-state index in [-0.39, 0.29) is 17.9 Å². The van der Waals surface area contributed by atoms with E-state index in [2.05, 4.69) is 13.5 Å². The van der Waals surface area contributed by atoms with Crippen molar-refractivity contribution >= 4 is 11.9 Å². The van der Waals surface area contributed by atoms with Gasteiger partial charge in [0.25, 0.3) is 0 Å². The molecule has 3 aromatic carbocycles. The van der Waals surface area contributed by atoms with Gasteiger partial charge >= 0.3 is 18.1 Å². The molecule has 1 atom stereocenters. The summed E-state index contributed by atoms with van der Waals surface area (Å²) < 4.78 is 61.5. The highest BCUT2D eigenvalue weighted by molar-refractivity contribution is 5.92. The molecule has 0 aliphatic rings. The van der Waals surface area contributed by atoms with Crippen molar-refractivity contribution in [2.24, 2.45) is 0 Å². The van der Waals surface area contributed by atoms with Crippen molar-refractivity contribution in [3.8, 4) is 22.6 Å². The average Bonchev–Trinajstić information content (AvgIpc) is 3.09. The van der Waals surface area contributed by atoms with Crippen LogP contribution in [0.2, 0.25) is 0 Å². The SMILES string of the molecule is C=CCOc1ccc(-c2ccc(C(=O)Oc3ccc(C(=O)OCCC(OCCCCCCCCCCCC)C(F)(F)F)cc3)cc2)cc1. The van der Waals surface area contributed by atoms with Gasteiger partial charge in [-0.05, 0) is 66.1 Å². The fourth-order valence-corrected chi connectivity index (χ4v) is 5.02. The third-order valence-corrected chi connectivity index (χ3v) is 7.77. The molecule has 0 spiro atoms. The Bertz CT molecular complexity index is 1370. The molecule has 0 aromatic heterocycles. The Labute approximate surface area is 282 Å². The first-order valence-corrected chi connectivity index (χ1v) is 16.8. The molecule has 48 heavy (non-hydrogen) atoms. The fourth-order valence-electron chi connectivity index (χ4n) is 5.02. The summed E-state index contributed by atoms with van der Waals surface area (Å²) in [5.41, 5.74) is 2.32. The normalized spacial score (nSPS) is 11.9. The number of hydrogen-bond donors (Lipinski definition) is 0. The summed E-state index contributed by atoms with van der Waals surface area (Å²) in [7, 11) is 0. The van der Waals surface area contributed by atoms with Crippen LogP contribution in [0.25, 0.3) is 11.1 Å². The maximum atomic E-state index is 13.5. The van der Waals surface area contributed by atoms with E-state index < -0.39 is 37.2 Å². The van der Waals surface area contributed by atoms with Crippen molar-refractivity contribution in [1.29, 1.82) is 0 Å². The zero-order valence-corrected chi connectivity index (χ0v) is 27.8. The summed E-state index contributed by atoms with van der Waals surface area (Å²) in [6.07, 6.45) is 5.48. The molecule has 0 bridgehead atoms. The number of benzene rings is 3. The minimum atomic E-state index is -4.55. The van der Waals surface area contributed by atoms with Gasteiger partial charge in [0.1, 0.15) is 18.1 Å². The second-order valence-corrected chi connectivity index (χ2v) is 11.6. The van der Waals surface area contributed by atoms with Gasteiger partial charge in [-0.3, -0.25) is 0 Å². The molecule has 1 unspecified atom stereocenters. The second kappa shape index (κ2) is 21.0. The Morgan fingerprint density at radius 1 is 0.688 bits per heavy atom. The van der Waals surface area contributed by atoms with E-state index >= 15 is 0 Å². The third kappa shape index (κ3) is 13.9. The highest BCUT2D eigenvalue weighted by Gasteiger charge is 2.40. The van der Waals surface area contributed by atoms with Crippen LogP contribution in [0.15, 0.2) is 85.5 Å². The van der Waals surface area contributed by atoms with Crippen LogP contribution in [0.3, 0.4) is 0 Å². The Hall–Kier alpha value is -4.11. The van der Waals surface area contributed by atoms with Gasteiger partial charge in [0, 0.05) is 13.0 Å². The summed E-state index contributed by atoms with van der Waals surface area (Å²) in [6.45, 7) is 5.81.